The normalized spacial score (nSPS) is 11.8. The van der Waals surface area contributed by atoms with Crippen LogP contribution in [0.2, 0.25) is 0 Å². The van der Waals surface area contributed by atoms with E-state index in [0.29, 0.717) is 29.5 Å². The number of rotatable bonds is 7. The summed E-state index contributed by atoms with van der Waals surface area (Å²) in [6, 6.07) is 15.6. The summed E-state index contributed by atoms with van der Waals surface area (Å²) in [5, 5.41) is 10.1. The Labute approximate surface area is 185 Å². The SMILES string of the molecule is CN=C(N)c1cc(C)c2nc(-c3c(N(CO)CCc4ccccc4)cc[nH]c3=O)[nH]c2c1. The molecule has 5 N–H and O–H groups in total. The highest BCUT2D eigenvalue weighted by Crippen LogP contribution is 2.28. The monoisotopic (exact) mass is 430 g/mol. The first-order chi connectivity index (χ1) is 15.5. The van der Waals surface area contributed by atoms with Crippen LogP contribution in [0.5, 0.6) is 0 Å². The maximum Gasteiger partial charge on any atom is 0.261 e. The van der Waals surface area contributed by atoms with Crippen LogP contribution in [0, 0.1) is 6.92 Å². The van der Waals surface area contributed by atoms with Crippen molar-refractivity contribution in [3.8, 4) is 11.4 Å². The van der Waals surface area contributed by atoms with Crippen molar-refractivity contribution in [1.82, 2.24) is 15.0 Å². The molecule has 2 aromatic heterocycles. The highest BCUT2D eigenvalue weighted by molar-refractivity contribution is 6.01. The molecule has 0 spiro atoms. The fourth-order valence-corrected chi connectivity index (χ4v) is 3.82. The first kappa shape index (κ1) is 21.3. The van der Waals surface area contributed by atoms with Gasteiger partial charge in [-0.25, -0.2) is 4.98 Å². The van der Waals surface area contributed by atoms with E-state index in [0.717, 1.165) is 34.1 Å². The van der Waals surface area contributed by atoms with Gasteiger partial charge in [0.2, 0.25) is 0 Å². The van der Waals surface area contributed by atoms with Crippen LogP contribution in [0.25, 0.3) is 22.4 Å². The fraction of sp³-hybridized carbons (Fsp3) is 0.208. The Kier molecular flexibility index (Phi) is 6.04. The summed E-state index contributed by atoms with van der Waals surface area (Å²) in [6.45, 7) is 2.26. The van der Waals surface area contributed by atoms with E-state index in [2.05, 4.69) is 15.0 Å². The maximum atomic E-state index is 12.9. The molecule has 8 nitrogen and oxygen atoms in total. The highest BCUT2D eigenvalue weighted by atomic mass is 16.3. The Balaban J connectivity index is 1.76. The molecular formula is C24H26N6O2. The lowest BCUT2D eigenvalue weighted by Crippen LogP contribution is -2.29. The Bertz CT molecular complexity index is 1320. The second kappa shape index (κ2) is 9.07. The molecule has 2 aromatic carbocycles. The summed E-state index contributed by atoms with van der Waals surface area (Å²) in [7, 11) is 1.64. The first-order valence-electron chi connectivity index (χ1n) is 10.4. The minimum absolute atomic E-state index is 0.226. The number of aliphatic imine (C=N–C) groups is 1. The molecule has 4 rings (SSSR count). The molecule has 0 atom stereocenters. The molecule has 0 unspecified atom stereocenters. The number of aryl methyl sites for hydroxylation is 1. The van der Waals surface area contributed by atoms with Crippen LogP contribution in [0.4, 0.5) is 5.69 Å². The summed E-state index contributed by atoms with van der Waals surface area (Å²) in [6.07, 6.45) is 2.31. The van der Waals surface area contributed by atoms with E-state index in [9.17, 15) is 9.90 Å². The maximum absolute atomic E-state index is 12.9. The van der Waals surface area contributed by atoms with Gasteiger partial charge >= 0.3 is 0 Å². The molecule has 0 saturated heterocycles. The average Bonchev–Trinajstić information content (AvgIpc) is 3.24. The number of pyridine rings is 1. The van der Waals surface area contributed by atoms with Crippen molar-refractivity contribution in [3.63, 3.8) is 0 Å². The molecule has 0 amide bonds. The molecule has 0 radical (unpaired) electrons. The molecule has 164 valence electrons. The van der Waals surface area contributed by atoms with Crippen molar-refractivity contribution >= 4 is 22.6 Å². The summed E-state index contributed by atoms with van der Waals surface area (Å²) in [4.78, 5) is 29.4. The van der Waals surface area contributed by atoms with Crippen LogP contribution in [0.15, 0.2) is 64.5 Å². The number of amidine groups is 1. The Morgan fingerprint density at radius 3 is 2.72 bits per heavy atom. The van der Waals surface area contributed by atoms with Crippen LogP contribution in [0.1, 0.15) is 16.7 Å². The number of anilines is 1. The zero-order valence-electron chi connectivity index (χ0n) is 18.1. The van der Waals surface area contributed by atoms with E-state index >= 15 is 0 Å². The van der Waals surface area contributed by atoms with Gasteiger partial charge in [0, 0.05) is 25.4 Å². The van der Waals surface area contributed by atoms with Gasteiger partial charge in [0.1, 0.15) is 24.0 Å². The van der Waals surface area contributed by atoms with Gasteiger partial charge in [-0.2, -0.15) is 0 Å². The molecule has 4 aromatic rings. The van der Waals surface area contributed by atoms with E-state index in [4.69, 9.17) is 10.7 Å². The molecule has 0 fully saturated rings. The lowest BCUT2D eigenvalue weighted by molar-refractivity contribution is 0.291. The largest absolute Gasteiger partial charge is 0.384 e. The Morgan fingerprint density at radius 2 is 2.00 bits per heavy atom. The van der Waals surface area contributed by atoms with Gasteiger partial charge in [-0.1, -0.05) is 30.3 Å². The lowest BCUT2D eigenvalue weighted by Gasteiger charge is -2.23. The smallest absolute Gasteiger partial charge is 0.261 e. The van der Waals surface area contributed by atoms with Crippen LogP contribution in [-0.4, -0.2) is 46.2 Å². The number of fused-ring (bicyclic) bond motifs is 1. The molecule has 0 aliphatic carbocycles. The van der Waals surface area contributed by atoms with Crippen molar-refractivity contribution in [2.45, 2.75) is 13.3 Å². The quantitative estimate of drug-likeness (QED) is 0.204. The van der Waals surface area contributed by atoms with E-state index in [-0.39, 0.29) is 12.3 Å². The van der Waals surface area contributed by atoms with Gasteiger partial charge < -0.3 is 25.7 Å². The summed E-state index contributed by atoms with van der Waals surface area (Å²) < 4.78 is 0. The second-order valence-electron chi connectivity index (χ2n) is 7.59. The van der Waals surface area contributed by atoms with Gasteiger partial charge in [0.25, 0.3) is 5.56 Å². The molecular weight excluding hydrogens is 404 g/mol. The zero-order chi connectivity index (χ0) is 22.7. The van der Waals surface area contributed by atoms with Gasteiger partial charge in [-0.3, -0.25) is 9.79 Å². The minimum Gasteiger partial charge on any atom is -0.384 e. The number of H-pyrrole nitrogens is 2. The first-order valence-corrected chi connectivity index (χ1v) is 10.4. The highest BCUT2D eigenvalue weighted by Gasteiger charge is 2.19. The second-order valence-corrected chi connectivity index (χ2v) is 7.59. The van der Waals surface area contributed by atoms with Crippen LogP contribution < -0.4 is 16.2 Å². The third kappa shape index (κ3) is 4.13. The summed E-state index contributed by atoms with van der Waals surface area (Å²) in [5.74, 6) is 0.860. The predicted octanol–water partition coefficient (Wildman–Crippen LogP) is 2.56. The van der Waals surface area contributed by atoms with Crippen LogP contribution in [0.3, 0.4) is 0 Å². The van der Waals surface area contributed by atoms with Crippen LogP contribution >= 0.6 is 0 Å². The molecule has 8 heteroatoms. The molecule has 0 saturated carbocycles. The van der Waals surface area contributed by atoms with Gasteiger partial charge in [-0.15, -0.1) is 0 Å². The van der Waals surface area contributed by atoms with Crippen molar-refractivity contribution in [1.29, 1.82) is 0 Å². The number of aliphatic hydroxyl groups excluding tert-OH is 1. The predicted molar refractivity (Wildman–Crippen MR) is 128 cm³/mol. The number of aromatic amines is 2. The molecule has 0 aliphatic heterocycles. The number of nitrogens with zero attached hydrogens (tertiary/aromatic N) is 3. The molecule has 0 aliphatic rings. The summed E-state index contributed by atoms with van der Waals surface area (Å²) >= 11 is 0. The van der Waals surface area contributed by atoms with E-state index in [1.165, 1.54) is 0 Å². The van der Waals surface area contributed by atoms with E-state index < -0.39 is 0 Å². The number of nitrogens with one attached hydrogen (secondary N) is 2. The van der Waals surface area contributed by atoms with Gasteiger partial charge in [0.15, 0.2) is 0 Å². The number of imidazole rings is 1. The minimum atomic E-state index is -0.285. The lowest BCUT2D eigenvalue weighted by atomic mass is 10.1. The third-order valence-electron chi connectivity index (χ3n) is 5.51. The zero-order valence-corrected chi connectivity index (χ0v) is 18.1. The number of aromatic nitrogens is 3. The molecule has 32 heavy (non-hydrogen) atoms. The van der Waals surface area contributed by atoms with E-state index in [1.54, 1.807) is 24.2 Å². The van der Waals surface area contributed by atoms with Crippen molar-refractivity contribution < 1.29 is 5.11 Å². The third-order valence-corrected chi connectivity index (χ3v) is 5.51. The summed E-state index contributed by atoms with van der Waals surface area (Å²) in [5.41, 5.74) is 11.1. The number of benzene rings is 2. The Morgan fingerprint density at radius 1 is 1.22 bits per heavy atom. The number of hydrogen-bond acceptors (Lipinski definition) is 5. The topological polar surface area (TPSA) is 123 Å². The van der Waals surface area contributed by atoms with E-state index in [1.807, 2.05) is 49.4 Å². The number of hydrogen-bond donors (Lipinski definition) is 4. The standard InChI is InChI=1S/C24H26N6O2/c1-15-12-17(22(25)26-2)13-18-21(15)29-23(28-18)20-19(8-10-27-24(20)32)30(14-31)11-9-16-6-4-3-5-7-16/h3-8,10,12-13,31H,9,11,14H2,1-2H3,(H2,25,26)(H,27,32)(H,28,29). The van der Waals surface area contributed by atoms with Crippen molar-refractivity contribution in [2.24, 2.45) is 10.7 Å². The average molecular weight is 431 g/mol. The van der Waals surface area contributed by atoms with Crippen LogP contribution in [-0.2, 0) is 6.42 Å². The van der Waals surface area contributed by atoms with Crippen molar-refractivity contribution in [2.75, 3.05) is 25.2 Å². The number of aliphatic hydroxyl groups is 1. The Hall–Kier alpha value is -3.91. The van der Waals surface area contributed by atoms with Gasteiger partial charge in [0.05, 0.1) is 16.7 Å². The van der Waals surface area contributed by atoms with Crippen molar-refractivity contribution in [3.05, 3.63) is 81.8 Å². The molecule has 0 bridgehead atoms. The molecule has 2 heterocycles. The van der Waals surface area contributed by atoms with Gasteiger partial charge in [-0.05, 0) is 42.7 Å². The number of nitrogens with two attached hydrogens (primary N) is 1. The fourth-order valence-electron chi connectivity index (χ4n) is 3.82.